The van der Waals surface area contributed by atoms with Gasteiger partial charge in [0.25, 0.3) is 0 Å². The summed E-state index contributed by atoms with van der Waals surface area (Å²) in [7, 11) is 0. The first-order valence-electron chi connectivity index (χ1n) is 4.22. The highest BCUT2D eigenvalue weighted by Crippen LogP contribution is 2.06. The summed E-state index contributed by atoms with van der Waals surface area (Å²) in [6.07, 6.45) is 11.3. The molecule has 61 valence electrons. The zero-order valence-corrected chi connectivity index (χ0v) is 8.04. The SMILES string of the molecule is CCCCC[CH]CCSC. The van der Waals surface area contributed by atoms with Crippen LogP contribution in [0.3, 0.4) is 0 Å². The van der Waals surface area contributed by atoms with E-state index in [1.807, 2.05) is 11.8 Å². The number of rotatable bonds is 7. The third-order valence-corrected chi connectivity index (χ3v) is 2.18. The van der Waals surface area contributed by atoms with Gasteiger partial charge in [0.2, 0.25) is 0 Å². The number of thioether (sulfide) groups is 1. The van der Waals surface area contributed by atoms with Crippen LogP contribution >= 0.6 is 11.8 Å². The molecule has 0 aromatic carbocycles. The molecular weight excluding hydrogens is 140 g/mol. The minimum Gasteiger partial charge on any atom is -0.165 e. The van der Waals surface area contributed by atoms with E-state index in [0.717, 1.165) is 0 Å². The van der Waals surface area contributed by atoms with Crippen LogP contribution in [-0.2, 0) is 0 Å². The van der Waals surface area contributed by atoms with Crippen molar-refractivity contribution in [2.75, 3.05) is 12.0 Å². The van der Waals surface area contributed by atoms with Crippen LogP contribution in [0.15, 0.2) is 0 Å². The predicted molar refractivity (Wildman–Crippen MR) is 51.4 cm³/mol. The van der Waals surface area contributed by atoms with Crippen LogP contribution in [0.5, 0.6) is 0 Å². The molecule has 1 heteroatoms. The molecule has 10 heavy (non-hydrogen) atoms. The monoisotopic (exact) mass is 159 g/mol. The van der Waals surface area contributed by atoms with E-state index in [9.17, 15) is 0 Å². The quantitative estimate of drug-likeness (QED) is 0.512. The second-order valence-corrected chi connectivity index (χ2v) is 3.55. The van der Waals surface area contributed by atoms with E-state index in [1.54, 1.807) is 0 Å². The highest BCUT2D eigenvalue weighted by atomic mass is 32.2. The van der Waals surface area contributed by atoms with E-state index >= 15 is 0 Å². The molecule has 1 radical (unpaired) electrons. The van der Waals surface area contributed by atoms with Gasteiger partial charge in [-0.15, -0.1) is 0 Å². The Morgan fingerprint density at radius 2 is 2.00 bits per heavy atom. The first-order valence-corrected chi connectivity index (χ1v) is 5.61. The Hall–Kier alpha value is 0.350. The maximum Gasteiger partial charge on any atom is -0.00676 e. The van der Waals surface area contributed by atoms with Gasteiger partial charge >= 0.3 is 0 Å². The van der Waals surface area contributed by atoms with Crippen LogP contribution in [0, 0.1) is 6.42 Å². The third kappa shape index (κ3) is 8.35. The van der Waals surface area contributed by atoms with Gasteiger partial charge in [0.05, 0.1) is 0 Å². The first kappa shape index (κ1) is 10.3. The average Bonchev–Trinajstić information content (AvgIpc) is 1.97. The second-order valence-electron chi connectivity index (χ2n) is 2.57. The standard InChI is InChI=1S/C9H19S/c1-3-4-5-6-7-8-9-10-2/h7H,3-6,8-9H2,1-2H3. The minimum absolute atomic E-state index is 1.30. The molecule has 0 saturated carbocycles. The summed E-state index contributed by atoms with van der Waals surface area (Å²) < 4.78 is 0. The Morgan fingerprint density at radius 3 is 2.60 bits per heavy atom. The van der Waals surface area contributed by atoms with Gasteiger partial charge in [0.15, 0.2) is 0 Å². The largest absolute Gasteiger partial charge is 0.165 e. The van der Waals surface area contributed by atoms with Crippen molar-refractivity contribution in [3.63, 3.8) is 0 Å². The lowest BCUT2D eigenvalue weighted by Gasteiger charge is -1.97. The molecule has 0 heterocycles. The highest BCUT2D eigenvalue weighted by molar-refractivity contribution is 7.98. The smallest absolute Gasteiger partial charge is 0.00676 e. The molecule has 0 amide bonds. The zero-order valence-electron chi connectivity index (χ0n) is 7.23. The molecule has 0 nitrogen and oxygen atoms in total. The Balaban J connectivity index is 2.65. The van der Waals surface area contributed by atoms with Crippen molar-refractivity contribution in [3.05, 3.63) is 6.42 Å². The molecule has 0 spiro atoms. The van der Waals surface area contributed by atoms with Crippen LogP contribution in [-0.4, -0.2) is 12.0 Å². The maximum absolute atomic E-state index is 2.42. The van der Waals surface area contributed by atoms with Gasteiger partial charge < -0.3 is 0 Å². The lowest BCUT2D eigenvalue weighted by Crippen LogP contribution is -1.81. The Kier molecular flexibility index (Phi) is 9.68. The van der Waals surface area contributed by atoms with Crippen LogP contribution in [0.4, 0.5) is 0 Å². The molecule has 0 fully saturated rings. The zero-order chi connectivity index (χ0) is 7.66. The Morgan fingerprint density at radius 1 is 1.20 bits per heavy atom. The minimum atomic E-state index is 1.30. The molecule has 0 aromatic heterocycles. The lowest BCUT2D eigenvalue weighted by atomic mass is 10.1. The van der Waals surface area contributed by atoms with E-state index in [-0.39, 0.29) is 0 Å². The van der Waals surface area contributed by atoms with Crippen molar-refractivity contribution < 1.29 is 0 Å². The van der Waals surface area contributed by atoms with E-state index < -0.39 is 0 Å². The number of hydrogen-bond acceptors (Lipinski definition) is 1. The van der Waals surface area contributed by atoms with Crippen LogP contribution < -0.4 is 0 Å². The van der Waals surface area contributed by atoms with Gasteiger partial charge in [-0.25, -0.2) is 0 Å². The lowest BCUT2D eigenvalue weighted by molar-refractivity contribution is 0.700. The second kappa shape index (κ2) is 9.35. The van der Waals surface area contributed by atoms with Gasteiger partial charge in [-0.3, -0.25) is 0 Å². The van der Waals surface area contributed by atoms with Crippen LogP contribution in [0.2, 0.25) is 0 Å². The maximum atomic E-state index is 2.42. The summed E-state index contributed by atoms with van der Waals surface area (Å²) >= 11 is 1.93. The highest BCUT2D eigenvalue weighted by Gasteiger charge is 1.88. The number of unbranched alkanes of at least 4 members (excludes halogenated alkanes) is 5. The molecule has 0 aromatic rings. The van der Waals surface area contributed by atoms with Gasteiger partial charge in [0, 0.05) is 0 Å². The van der Waals surface area contributed by atoms with E-state index in [1.165, 1.54) is 37.9 Å². The van der Waals surface area contributed by atoms with Crippen molar-refractivity contribution in [2.24, 2.45) is 0 Å². The van der Waals surface area contributed by atoms with Crippen molar-refractivity contribution in [1.82, 2.24) is 0 Å². The number of hydrogen-bond donors (Lipinski definition) is 0. The topological polar surface area (TPSA) is 0 Å². The van der Waals surface area contributed by atoms with Crippen molar-refractivity contribution in [2.45, 2.75) is 39.0 Å². The van der Waals surface area contributed by atoms with E-state index in [0.29, 0.717) is 0 Å². The third-order valence-electron chi connectivity index (χ3n) is 1.54. The summed E-state index contributed by atoms with van der Waals surface area (Å²) in [5.41, 5.74) is 0. The van der Waals surface area contributed by atoms with E-state index in [4.69, 9.17) is 0 Å². The molecular formula is C9H19S. The van der Waals surface area contributed by atoms with Crippen molar-refractivity contribution in [1.29, 1.82) is 0 Å². The first-order chi connectivity index (χ1) is 4.91. The molecule has 0 bridgehead atoms. The predicted octanol–water partition coefficient (Wildman–Crippen LogP) is 3.52. The van der Waals surface area contributed by atoms with Crippen LogP contribution in [0.1, 0.15) is 39.0 Å². The average molecular weight is 159 g/mol. The molecule has 0 aliphatic carbocycles. The van der Waals surface area contributed by atoms with Gasteiger partial charge in [-0.1, -0.05) is 32.6 Å². The summed E-state index contributed by atoms with van der Waals surface area (Å²) in [6, 6.07) is 0. The Bertz CT molecular complexity index is 44.7. The van der Waals surface area contributed by atoms with E-state index in [2.05, 4.69) is 19.6 Å². The molecule has 0 rings (SSSR count). The normalized spacial score (nSPS) is 10.2. The molecule has 0 N–H and O–H groups in total. The molecule has 0 saturated heterocycles. The summed E-state index contributed by atoms with van der Waals surface area (Å²) in [4.78, 5) is 0. The van der Waals surface area contributed by atoms with Gasteiger partial charge in [-0.05, 0) is 24.9 Å². The fourth-order valence-corrected chi connectivity index (χ4v) is 1.29. The van der Waals surface area contributed by atoms with Crippen molar-refractivity contribution >= 4 is 11.8 Å². The summed E-state index contributed by atoms with van der Waals surface area (Å²) in [5, 5.41) is 0. The summed E-state index contributed by atoms with van der Waals surface area (Å²) in [6.45, 7) is 2.25. The van der Waals surface area contributed by atoms with Gasteiger partial charge in [0.1, 0.15) is 0 Å². The fraction of sp³-hybridized carbons (Fsp3) is 0.889. The van der Waals surface area contributed by atoms with Crippen molar-refractivity contribution in [3.8, 4) is 0 Å². The fourth-order valence-electron chi connectivity index (χ4n) is 0.884. The van der Waals surface area contributed by atoms with Gasteiger partial charge in [-0.2, -0.15) is 11.8 Å². The molecule has 0 atom stereocenters. The summed E-state index contributed by atoms with van der Waals surface area (Å²) in [5.74, 6) is 1.30. The molecule has 0 unspecified atom stereocenters. The van der Waals surface area contributed by atoms with Crippen LogP contribution in [0.25, 0.3) is 0 Å². The molecule has 0 aliphatic heterocycles. The Labute approximate surface area is 69.8 Å². The molecule has 0 aliphatic rings.